The Morgan fingerprint density at radius 1 is 1.25 bits per heavy atom. The van der Waals surface area contributed by atoms with Gasteiger partial charge in [-0.3, -0.25) is 9.80 Å². The maximum absolute atomic E-state index is 11.2. The summed E-state index contributed by atoms with van der Waals surface area (Å²) in [5.74, 6) is 0. The lowest BCUT2D eigenvalue weighted by Gasteiger charge is -2.35. The summed E-state index contributed by atoms with van der Waals surface area (Å²) in [5, 5.41) is 26.5. The number of β-amino-alcohol motifs (C(OH)–C–C–N with tert-alkyl or cyclic N) is 1. The minimum atomic E-state index is -0.706. The molecule has 1 heterocycles. The third kappa shape index (κ3) is 1.66. The van der Waals surface area contributed by atoms with Gasteiger partial charge < -0.3 is 15.3 Å². The van der Waals surface area contributed by atoms with Gasteiger partial charge in [-0.2, -0.15) is 0 Å². The summed E-state index contributed by atoms with van der Waals surface area (Å²) < 4.78 is 0. The number of hydrogen-bond donors (Lipinski definition) is 3. The second kappa shape index (κ2) is 3.70. The van der Waals surface area contributed by atoms with Crippen molar-refractivity contribution in [2.45, 2.75) is 6.10 Å². The zero-order chi connectivity index (χ0) is 9.14. The molecule has 70 valence electrons. The standard InChI is InChI=1S/C6H12N2O4/c9-3-7-1-5(11)2-8(4-10)6(7)12/h5,9-11H,1-4H2. The Hall–Kier alpha value is -0.850. The van der Waals surface area contributed by atoms with Crippen LogP contribution in [0.2, 0.25) is 0 Å². The number of rotatable bonds is 2. The number of carbonyl (C=O) groups is 1. The fraction of sp³-hybridized carbons (Fsp3) is 0.833. The summed E-state index contributed by atoms with van der Waals surface area (Å²) in [6, 6.07) is -0.453. The second-order valence-corrected chi connectivity index (χ2v) is 2.66. The van der Waals surface area contributed by atoms with Crippen LogP contribution in [0.1, 0.15) is 0 Å². The van der Waals surface area contributed by atoms with Gasteiger partial charge in [0.15, 0.2) is 0 Å². The largest absolute Gasteiger partial charge is 0.389 e. The van der Waals surface area contributed by atoms with E-state index in [0.29, 0.717) is 0 Å². The SMILES string of the molecule is O=C1N(CO)CC(O)CN1CO. The Bertz CT molecular complexity index is 159. The number of urea groups is 1. The number of aliphatic hydroxyl groups excluding tert-OH is 3. The molecule has 1 fully saturated rings. The zero-order valence-corrected chi connectivity index (χ0v) is 6.55. The molecule has 0 unspecified atom stereocenters. The highest BCUT2D eigenvalue weighted by molar-refractivity contribution is 5.75. The molecule has 6 heteroatoms. The van der Waals surface area contributed by atoms with Crippen LogP contribution in [0.3, 0.4) is 0 Å². The zero-order valence-electron chi connectivity index (χ0n) is 6.55. The summed E-state index contributed by atoms with van der Waals surface area (Å²) in [5.41, 5.74) is 0. The fourth-order valence-corrected chi connectivity index (χ4v) is 1.16. The average Bonchev–Trinajstić information content (AvgIpc) is 2.08. The summed E-state index contributed by atoms with van der Waals surface area (Å²) in [6.07, 6.45) is -0.706. The fourth-order valence-electron chi connectivity index (χ4n) is 1.16. The first-order valence-electron chi connectivity index (χ1n) is 3.62. The summed E-state index contributed by atoms with van der Waals surface area (Å²) in [4.78, 5) is 13.3. The first kappa shape index (κ1) is 9.24. The predicted molar refractivity (Wildman–Crippen MR) is 39.0 cm³/mol. The Kier molecular flexibility index (Phi) is 2.85. The van der Waals surface area contributed by atoms with Crippen LogP contribution in [0.5, 0.6) is 0 Å². The van der Waals surface area contributed by atoms with E-state index < -0.39 is 25.6 Å². The average molecular weight is 176 g/mol. The number of hydrogen-bond acceptors (Lipinski definition) is 4. The molecule has 1 saturated heterocycles. The molecule has 0 aromatic rings. The number of aliphatic hydroxyl groups is 3. The molecule has 0 aliphatic carbocycles. The third-order valence-corrected chi connectivity index (χ3v) is 1.74. The maximum atomic E-state index is 11.2. The molecule has 0 spiro atoms. The lowest BCUT2D eigenvalue weighted by molar-refractivity contribution is -0.0100. The van der Waals surface area contributed by atoms with Crippen LogP contribution in [0.25, 0.3) is 0 Å². The molecule has 0 aromatic carbocycles. The maximum Gasteiger partial charge on any atom is 0.323 e. The van der Waals surface area contributed by atoms with Crippen molar-refractivity contribution in [3.8, 4) is 0 Å². The van der Waals surface area contributed by atoms with Crippen molar-refractivity contribution in [2.75, 3.05) is 26.6 Å². The van der Waals surface area contributed by atoms with E-state index in [1.807, 2.05) is 0 Å². The number of nitrogens with zero attached hydrogens (tertiary/aromatic N) is 2. The lowest BCUT2D eigenvalue weighted by Crippen LogP contribution is -2.55. The smallest absolute Gasteiger partial charge is 0.323 e. The molecule has 0 saturated carbocycles. The Labute approximate surface area is 69.6 Å². The monoisotopic (exact) mass is 176 g/mol. The van der Waals surface area contributed by atoms with Gasteiger partial charge >= 0.3 is 6.03 Å². The molecule has 1 aliphatic rings. The van der Waals surface area contributed by atoms with E-state index in [4.69, 9.17) is 10.2 Å². The van der Waals surface area contributed by atoms with E-state index in [-0.39, 0.29) is 13.1 Å². The van der Waals surface area contributed by atoms with Gasteiger partial charge in [0.25, 0.3) is 0 Å². The third-order valence-electron chi connectivity index (χ3n) is 1.74. The van der Waals surface area contributed by atoms with E-state index in [2.05, 4.69) is 0 Å². The van der Waals surface area contributed by atoms with Crippen LogP contribution >= 0.6 is 0 Å². The molecule has 0 aromatic heterocycles. The van der Waals surface area contributed by atoms with Crippen LogP contribution in [0.4, 0.5) is 4.79 Å². The van der Waals surface area contributed by atoms with Gasteiger partial charge in [0, 0.05) is 0 Å². The van der Waals surface area contributed by atoms with Crippen LogP contribution in [-0.4, -0.2) is 63.8 Å². The minimum Gasteiger partial charge on any atom is -0.389 e. The van der Waals surface area contributed by atoms with Gasteiger partial charge in [-0.1, -0.05) is 0 Å². The predicted octanol–water partition coefficient (Wildman–Crippen LogP) is -2.02. The van der Waals surface area contributed by atoms with E-state index >= 15 is 0 Å². The molecule has 1 aliphatic heterocycles. The van der Waals surface area contributed by atoms with Crippen molar-refractivity contribution in [1.29, 1.82) is 0 Å². The van der Waals surface area contributed by atoms with Gasteiger partial charge in [0.05, 0.1) is 19.2 Å². The highest BCUT2D eigenvalue weighted by Crippen LogP contribution is 2.07. The number of amides is 2. The van der Waals surface area contributed by atoms with E-state index in [0.717, 1.165) is 9.80 Å². The summed E-state index contributed by atoms with van der Waals surface area (Å²) in [7, 11) is 0. The molecule has 0 atom stereocenters. The van der Waals surface area contributed by atoms with Crippen molar-refractivity contribution < 1.29 is 20.1 Å². The lowest BCUT2D eigenvalue weighted by atomic mass is 10.2. The Morgan fingerprint density at radius 2 is 1.67 bits per heavy atom. The summed E-state index contributed by atoms with van der Waals surface area (Å²) >= 11 is 0. The van der Waals surface area contributed by atoms with Crippen LogP contribution in [-0.2, 0) is 0 Å². The second-order valence-electron chi connectivity index (χ2n) is 2.66. The van der Waals surface area contributed by atoms with Crippen molar-refractivity contribution in [1.82, 2.24) is 9.80 Å². The van der Waals surface area contributed by atoms with Crippen molar-refractivity contribution in [3.63, 3.8) is 0 Å². The van der Waals surface area contributed by atoms with Gasteiger partial charge in [0.2, 0.25) is 0 Å². The number of carbonyl (C=O) groups excluding carboxylic acids is 1. The topological polar surface area (TPSA) is 84.2 Å². The van der Waals surface area contributed by atoms with Gasteiger partial charge in [0.1, 0.15) is 13.5 Å². The molecule has 12 heavy (non-hydrogen) atoms. The van der Waals surface area contributed by atoms with Gasteiger partial charge in [-0.05, 0) is 0 Å². The highest BCUT2D eigenvalue weighted by Gasteiger charge is 2.29. The quantitative estimate of drug-likeness (QED) is 0.453. The van der Waals surface area contributed by atoms with E-state index in [9.17, 15) is 9.90 Å². The van der Waals surface area contributed by atoms with E-state index in [1.54, 1.807) is 0 Å². The van der Waals surface area contributed by atoms with Crippen LogP contribution in [0.15, 0.2) is 0 Å². The van der Waals surface area contributed by atoms with Gasteiger partial charge in [-0.15, -0.1) is 0 Å². The van der Waals surface area contributed by atoms with E-state index in [1.165, 1.54) is 0 Å². The molecule has 3 N–H and O–H groups in total. The molecule has 0 radical (unpaired) electrons. The highest BCUT2D eigenvalue weighted by atomic mass is 16.3. The normalized spacial score (nSPS) is 20.4. The van der Waals surface area contributed by atoms with Crippen molar-refractivity contribution >= 4 is 6.03 Å². The van der Waals surface area contributed by atoms with Crippen molar-refractivity contribution in [3.05, 3.63) is 0 Å². The molecule has 2 amide bonds. The molecule has 0 bridgehead atoms. The molecule has 6 nitrogen and oxygen atoms in total. The first-order chi connectivity index (χ1) is 5.69. The minimum absolute atomic E-state index is 0.117. The van der Waals surface area contributed by atoms with Gasteiger partial charge in [-0.25, -0.2) is 4.79 Å². The molecule has 1 rings (SSSR count). The first-order valence-corrected chi connectivity index (χ1v) is 3.62. The van der Waals surface area contributed by atoms with Crippen LogP contribution in [0, 0.1) is 0 Å². The Balaban J connectivity index is 2.61. The summed E-state index contributed by atoms with van der Waals surface area (Å²) in [6.45, 7) is -0.642. The molecular weight excluding hydrogens is 164 g/mol. The molecular formula is C6H12N2O4. The van der Waals surface area contributed by atoms with Crippen molar-refractivity contribution in [2.24, 2.45) is 0 Å². The van der Waals surface area contributed by atoms with Crippen LogP contribution < -0.4 is 0 Å². The Morgan fingerprint density at radius 3 is 2.00 bits per heavy atom.